The molecule has 0 saturated carbocycles. The molecule has 1 aromatic rings. The summed E-state index contributed by atoms with van der Waals surface area (Å²) < 4.78 is 10.9. The van der Waals surface area contributed by atoms with Crippen LogP contribution in [0.1, 0.15) is 18.4 Å². The Morgan fingerprint density at radius 2 is 2.14 bits per heavy atom. The first kappa shape index (κ1) is 18.5. The van der Waals surface area contributed by atoms with Gasteiger partial charge in [0.15, 0.2) is 0 Å². The fraction of sp³-hybridized carbons (Fsp3) is 0.600. The Morgan fingerprint density at radius 1 is 1.38 bits per heavy atom. The van der Waals surface area contributed by atoms with Crippen LogP contribution < -0.4 is 10.5 Å². The summed E-state index contributed by atoms with van der Waals surface area (Å²) >= 11 is 6.09. The number of hydrogen-bond donors (Lipinski definition) is 1. The van der Waals surface area contributed by atoms with E-state index in [2.05, 4.69) is 4.90 Å². The molecule has 2 N–H and O–H groups in total. The van der Waals surface area contributed by atoms with E-state index in [0.29, 0.717) is 18.7 Å². The molecule has 0 aromatic heterocycles. The average Bonchev–Trinajstić information content (AvgIpc) is 2.48. The molecule has 1 heterocycles. The molecule has 6 heteroatoms. The van der Waals surface area contributed by atoms with Gasteiger partial charge in [-0.05, 0) is 31.0 Å². The number of rotatable bonds is 5. The first-order valence-corrected chi connectivity index (χ1v) is 7.35. The van der Waals surface area contributed by atoms with Gasteiger partial charge in [0.25, 0.3) is 0 Å². The third kappa shape index (κ3) is 4.73. The van der Waals surface area contributed by atoms with Crippen LogP contribution in [0.25, 0.3) is 0 Å². The molecule has 1 aromatic carbocycles. The van der Waals surface area contributed by atoms with Crippen molar-refractivity contribution in [1.82, 2.24) is 4.90 Å². The van der Waals surface area contributed by atoms with Crippen LogP contribution in [0.4, 0.5) is 0 Å². The van der Waals surface area contributed by atoms with Crippen molar-refractivity contribution in [3.8, 4) is 5.75 Å². The molecular formula is C15H24Cl2N2O2. The Bertz CT molecular complexity index is 446. The van der Waals surface area contributed by atoms with Gasteiger partial charge in [-0.3, -0.25) is 4.90 Å². The summed E-state index contributed by atoms with van der Waals surface area (Å²) in [5, 5.41) is 0.733. The van der Waals surface area contributed by atoms with Crippen LogP contribution in [0.2, 0.25) is 5.02 Å². The number of hydrogen-bond acceptors (Lipinski definition) is 4. The number of nitrogens with two attached hydrogens (primary N) is 1. The highest BCUT2D eigenvalue weighted by atomic mass is 35.5. The zero-order chi connectivity index (χ0) is 14.5. The zero-order valence-electron chi connectivity index (χ0n) is 12.5. The molecule has 1 aliphatic heterocycles. The third-order valence-electron chi connectivity index (χ3n) is 4.01. The van der Waals surface area contributed by atoms with Gasteiger partial charge in [-0.1, -0.05) is 11.6 Å². The van der Waals surface area contributed by atoms with Crippen molar-refractivity contribution in [2.24, 2.45) is 5.73 Å². The lowest BCUT2D eigenvalue weighted by Crippen LogP contribution is -2.48. The van der Waals surface area contributed by atoms with E-state index in [1.54, 1.807) is 14.2 Å². The van der Waals surface area contributed by atoms with E-state index in [9.17, 15) is 0 Å². The summed E-state index contributed by atoms with van der Waals surface area (Å²) in [6.07, 6.45) is 2.34. The van der Waals surface area contributed by atoms with Crippen LogP contribution in [-0.4, -0.2) is 44.4 Å². The maximum Gasteiger partial charge on any atom is 0.123 e. The summed E-state index contributed by atoms with van der Waals surface area (Å²) in [6, 6.07) is 6.08. The molecule has 0 spiro atoms. The minimum absolute atomic E-state index is 0. The summed E-state index contributed by atoms with van der Waals surface area (Å²) in [5.74, 6) is 0.874. The molecule has 1 aliphatic rings. The lowest BCUT2D eigenvalue weighted by Gasteiger charge is -2.38. The summed E-state index contributed by atoms with van der Waals surface area (Å²) in [4.78, 5) is 2.39. The van der Waals surface area contributed by atoms with Gasteiger partial charge in [0.1, 0.15) is 5.75 Å². The highest BCUT2D eigenvalue weighted by Gasteiger charge is 2.28. The standard InChI is InChI=1S/C15H23ClN2O2.ClH/c1-19-14-5-6-18(13(8-14)9-17)10-11-7-12(16)3-4-15(11)20-2;/h3-4,7,13-14H,5-6,8-10,17H2,1-2H3;1H. The van der Waals surface area contributed by atoms with E-state index >= 15 is 0 Å². The van der Waals surface area contributed by atoms with Crippen molar-refractivity contribution in [1.29, 1.82) is 0 Å². The molecule has 0 amide bonds. The lowest BCUT2D eigenvalue weighted by atomic mass is 9.98. The van der Waals surface area contributed by atoms with Crippen molar-refractivity contribution in [2.75, 3.05) is 27.3 Å². The number of likely N-dealkylation sites (tertiary alicyclic amines) is 1. The maximum absolute atomic E-state index is 6.09. The van der Waals surface area contributed by atoms with E-state index in [1.165, 1.54) is 0 Å². The summed E-state index contributed by atoms with van der Waals surface area (Å²) in [5.41, 5.74) is 7.02. The normalized spacial score (nSPS) is 22.7. The summed E-state index contributed by atoms with van der Waals surface area (Å²) in [7, 11) is 3.46. The van der Waals surface area contributed by atoms with Crippen LogP contribution in [0.5, 0.6) is 5.75 Å². The monoisotopic (exact) mass is 334 g/mol. The predicted molar refractivity (Wildman–Crippen MR) is 88.5 cm³/mol. The van der Waals surface area contributed by atoms with E-state index < -0.39 is 0 Å². The Balaban J connectivity index is 0.00000220. The quantitative estimate of drug-likeness (QED) is 0.899. The molecule has 120 valence electrons. The number of methoxy groups -OCH3 is 2. The van der Waals surface area contributed by atoms with Gasteiger partial charge in [-0.2, -0.15) is 0 Å². The molecule has 2 unspecified atom stereocenters. The minimum atomic E-state index is 0. The Kier molecular flexibility index (Phi) is 7.77. The molecular weight excluding hydrogens is 311 g/mol. The van der Waals surface area contributed by atoms with Gasteiger partial charge in [0.2, 0.25) is 0 Å². The number of piperidine rings is 1. The van der Waals surface area contributed by atoms with Crippen LogP contribution >= 0.6 is 24.0 Å². The Hall–Kier alpha value is -0.520. The topological polar surface area (TPSA) is 47.7 Å². The van der Waals surface area contributed by atoms with E-state index in [1.807, 2.05) is 18.2 Å². The second kappa shape index (κ2) is 8.81. The third-order valence-corrected chi connectivity index (χ3v) is 4.25. The van der Waals surface area contributed by atoms with Crippen LogP contribution in [-0.2, 0) is 11.3 Å². The van der Waals surface area contributed by atoms with Crippen LogP contribution in [0.15, 0.2) is 18.2 Å². The number of nitrogens with zero attached hydrogens (tertiary/aromatic N) is 1. The number of benzene rings is 1. The second-order valence-corrected chi connectivity index (χ2v) is 5.63. The highest BCUT2D eigenvalue weighted by molar-refractivity contribution is 6.30. The van der Waals surface area contributed by atoms with Crippen LogP contribution in [0, 0.1) is 0 Å². The zero-order valence-corrected chi connectivity index (χ0v) is 14.1. The molecule has 1 fully saturated rings. The van der Waals surface area contributed by atoms with Crippen molar-refractivity contribution in [3.05, 3.63) is 28.8 Å². The maximum atomic E-state index is 6.09. The van der Waals surface area contributed by atoms with Gasteiger partial charge < -0.3 is 15.2 Å². The fourth-order valence-electron chi connectivity index (χ4n) is 2.82. The van der Waals surface area contributed by atoms with Crippen molar-refractivity contribution in [3.63, 3.8) is 0 Å². The SMILES string of the molecule is COc1ccc(Cl)cc1CN1CCC(OC)CC1CN.Cl. The van der Waals surface area contributed by atoms with E-state index in [0.717, 1.165) is 42.3 Å². The smallest absolute Gasteiger partial charge is 0.123 e. The highest BCUT2D eigenvalue weighted by Crippen LogP contribution is 2.27. The molecule has 4 nitrogen and oxygen atoms in total. The Labute approximate surface area is 137 Å². The fourth-order valence-corrected chi connectivity index (χ4v) is 3.01. The molecule has 21 heavy (non-hydrogen) atoms. The van der Waals surface area contributed by atoms with Crippen molar-refractivity contribution < 1.29 is 9.47 Å². The predicted octanol–water partition coefficient (Wildman–Crippen LogP) is 2.71. The van der Waals surface area contributed by atoms with Gasteiger partial charge in [0.05, 0.1) is 13.2 Å². The van der Waals surface area contributed by atoms with Gasteiger partial charge in [0, 0.05) is 43.4 Å². The number of halogens is 2. The molecule has 2 atom stereocenters. The first-order chi connectivity index (χ1) is 9.67. The lowest BCUT2D eigenvalue weighted by molar-refractivity contribution is 0.01000. The molecule has 0 bridgehead atoms. The van der Waals surface area contributed by atoms with Gasteiger partial charge in [-0.15, -0.1) is 12.4 Å². The molecule has 1 saturated heterocycles. The Morgan fingerprint density at radius 3 is 2.76 bits per heavy atom. The second-order valence-electron chi connectivity index (χ2n) is 5.20. The number of ether oxygens (including phenoxy) is 2. The van der Waals surface area contributed by atoms with Crippen LogP contribution in [0.3, 0.4) is 0 Å². The molecule has 2 rings (SSSR count). The minimum Gasteiger partial charge on any atom is -0.496 e. The van der Waals surface area contributed by atoms with E-state index in [4.69, 9.17) is 26.8 Å². The largest absolute Gasteiger partial charge is 0.496 e. The van der Waals surface area contributed by atoms with E-state index in [-0.39, 0.29) is 12.4 Å². The molecule has 0 aliphatic carbocycles. The van der Waals surface area contributed by atoms with Crippen molar-refractivity contribution >= 4 is 24.0 Å². The summed E-state index contributed by atoms with van der Waals surface area (Å²) in [6.45, 7) is 2.43. The molecule has 0 radical (unpaired) electrons. The van der Waals surface area contributed by atoms with Crippen molar-refractivity contribution in [2.45, 2.75) is 31.5 Å². The first-order valence-electron chi connectivity index (χ1n) is 6.97. The average molecular weight is 335 g/mol. The van der Waals surface area contributed by atoms with Gasteiger partial charge in [-0.25, -0.2) is 0 Å². The van der Waals surface area contributed by atoms with Gasteiger partial charge >= 0.3 is 0 Å².